The van der Waals surface area contributed by atoms with Crippen LogP contribution < -0.4 is 0 Å². The van der Waals surface area contributed by atoms with E-state index < -0.39 is 18.0 Å². The highest BCUT2D eigenvalue weighted by molar-refractivity contribution is 5.90. The van der Waals surface area contributed by atoms with Crippen LogP contribution in [0.3, 0.4) is 0 Å². The Hall–Kier alpha value is -1.50. The van der Waals surface area contributed by atoms with Crippen LogP contribution in [0.25, 0.3) is 0 Å². The second-order valence-corrected chi connectivity index (χ2v) is 9.61. The Bertz CT molecular complexity index is 565. The third kappa shape index (κ3) is 16.8. The number of allylic oxidation sites excluding steroid dienone is 3. The molecule has 0 bridgehead atoms. The number of carboxylic acids is 1. The lowest BCUT2D eigenvalue weighted by molar-refractivity contribution is -0.875. The van der Waals surface area contributed by atoms with Crippen molar-refractivity contribution in [2.24, 2.45) is 0 Å². The van der Waals surface area contributed by atoms with E-state index in [0.29, 0.717) is 17.3 Å². The van der Waals surface area contributed by atoms with Crippen LogP contribution in [0.4, 0.5) is 0 Å². The Balaban J connectivity index is 3.96. The maximum Gasteiger partial charge on any atom is 0.306 e. The summed E-state index contributed by atoms with van der Waals surface area (Å²) in [5.74, 6) is -1.53. The van der Waals surface area contributed by atoms with E-state index in [1.165, 1.54) is 0 Å². The van der Waals surface area contributed by atoms with Crippen LogP contribution in [-0.4, -0.2) is 70.9 Å². The fourth-order valence-electron chi connectivity index (χ4n) is 3.69. The van der Waals surface area contributed by atoms with Gasteiger partial charge in [0.25, 0.3) is 0 Å². The van der Waals surface area contributed by atoms with E-state index in [9.17, 15) is 19.8 Å². The van der Waals surface area contributed by atoms with Crippen molar-refractivity contribution in [3.63, 3.8) is 0 Å². The van der Waals surface area contributed by atoms with Crippen LogP contribution in [0, 0.1) is 0 Å². The maximum atomic E-state index is 12.5. The quantitative estimate of drug-likeness (QED) is 0.159. The van der Waals surface area contributed by atoms with Crippen molar-refractivity contribution in [2.75, 3.05) is 27.7 Å². The summed E-state index contributed by atoms with van der Waals surface area (Å²) in [4.78, 5) is 23.6. The minimum atomic E-state index is -1.80. The molecule has 0 saturated carbocycles. The standard InChI is InChI=1S/C25H45NO5/c1-5-6-7-8-11-14-17-22(27)18-15-12-9-10-13-16-19-23(28)25(31,20-24(29)30)21-26(2,3)4/h6-7,11,14,22,27,31H,5,8-10,12-13,15-21H2,1-4H3/p+1/b7-6-,14-11-. The molecule has 0 aliphatic rings. The molecular weight excluding hydrogens is 394 g/mol. The molecule has 2 atom stereocenters. The highest BCUT2D eigenvalue weighted by atomic mass is 16.4. The van der Waals surface area contributed by atoms with E-state index in [1.54, 1.807) is 0 Å². The van der Waals surface area contributed by atoms with E-state index >= 15 is 0 Å². The summed E-state index contributed by atoms with van der Waals surface area (Å²) in [5.41, 5.74) is -1.80. The van der Waals surface area contributed by atoms with Gasteiger partial charge in [0.2, 0.25) is 0 Å². The zero-order valence-corrected chi connectivity index (χ0v) is 20.2. The number of aliphatic hydroxyl groups excluding tert-OH is 1. The number of Topliss-reactive ketones (excluding diaryl/α,β-unsaturated/α-hetero) is 1. The fraction of sp³-hybridized carbons (Fsp3) is 0.760. The Morgan fingerprint density at radius 1 is 0.935 bits per heavy atom. The summed E-state index contributed by atoms with van der Waals surface area (Å²) >= 11 is 0. The Morgan fingerprint density at radius 3 is 2.10 bits per heavy atom. The summed E-state index contributed by atoms with van der Waals surface area (Å²) in [6.07, 6.45) is 16.9. The van der Waals surface area contributed by atoms with Gasteiger partial charge >= 0.3 is 5.97 Å². The first-order chi connectivity index (χ1) is 14.5. The third-order valence-electron chi connectivity index (χ3n) is 5.14. The maximum absolute atomic E-state index is 12.5. The minimum Gasteiger partial charge on any atom is -0.481 e. The van der Waals surface area contributed by atoms with Crippen molar-refractivity contribution >= 4 is 11.8 Å². The average molecular weight is 441 g/mol. The van der Waals surface area contributed by atoms with Crippen LogP contribution in [-0.2, 0) is 9.59 Å². The van der Waals surface area contributed by atoms with Crippen molar-refractivity contribution in [2.45, 2.75) is 95.7 Å². The number of hydrogen-bond donors (Lipinski definition) is 3. The third-order valence-corrected chi connectivity index (χ3v) is 5.14. The molecule has 2 unspecified atom stereocenters. The van der Waals surface area contributed by atoms with Crippen LogP contribution >= 0.6 is 0 Å². The number of carbonyl (C=O) groups is 2. The van der Waals surface area contributed by atoms with Gasteiger partial charge in [-0.1, -0.05) is 63.3 Å². The number of rotatable bonds is 19. The highest BCUT2D eigenvalue weighted by Gasteiger charge is 2.42. The van der Waals surface area contributed by atoms with E-state index in [4.69, 9.17) is 5.11 Å². The molecule has 6 heteroatoms. The number of quaternary nitrogens is 1. The molecule has 3 N–H and O–H groups in total. The lowest BCUT2D eigenvalue weighted by Crippen LogP contribution is -2.54. The summed E-state index contributed by atoms with van der Waals surface area (Å²) in [7, 11) is 5.49. The molecule has 0 rings (SSSR count). The van der Waals surface area contributed by atoms with E-state index in [2.05, 4.69) is 25.2 Å². The molecule has 0 amide bonds. The van der Waals surface area contributed by atoms with Gasteiger partial charge in [-0.3, -0.25) is 9.59 Å². The molecule has 0 aromatic heterocycles. The van der Waals surface area contributed by atoms with Crippen molar-refractivity contribution in [3.05, 3.63) is 24.3 Å². The molecule has 0 aliphatic heterocycles. The SMILES string of the molecule is CC/C=C\C/C=C\CC(O)CCCCCCCCC(=O)C(O)(CC(=O)O)C[N+](C)(C)C. The van der Waals surface area contributed by atoms with Gasteiger partial charge in [0, 0.05) is 6.42 Å². The predicted molar refractivity (Wildman–Crippen MR) is 126 cm³/mol. The first-order valence-electron chi connectivity index (χ1n) is 11.8. The summed E-state index contributed by atoms with van der Waals surface area (Å²) in [6, 6.07) is 0. The van der Waals surface area contributed by atoms with Crippen molar-refractivity contribution in [3.8, 4) is 0 Å². The number of nitrogens with zero attached hydrogens (tertiary/aromatic N) is 1. The fourth-order valence-corrected chi connectivity index (χ4v) is 3.69. The van der Waals surface area contributed by atoms with Crippen LogP contribution in [0.5, 0.6) is 0 Å². The summed E-state index contributed by atoms with van der Waals surface area (Å²) < 4.78 is 0.326. The first kappa shape index (κ1) is 29.5. The summed E-state index contributed by atoms with van der Waals surface area (Å²) in [6.45, 7) is 2.20. The van der Waals surface area contributed by atoms with E-state index in [1.807, 2.05) is 27.2 Å². The predicted octanol–water partition coefficient (Wildman–Crippen LogP) is 4.25. The molecule has 0 saturated heterocycles. The molecule has 0 radical (unpaired) electrons. The van der Waals surface area contributed by atoms with Gasteiger partial charge in [-0.05, 0) is 32.1 Å². The van der Waals surface area contributed by atoms with Crippen LogP contribution in [0.2, 0.25) is 0 Å². The number of unbranched alkanes of at least 4 members (excludes halogenated alkanes) is 5. The number of aliphatic carboxylic acids is 1. The van der Waals surface area contributed by atoms with Gasteiger partial charge in [-0.15, -0.1) is 0 Å². The van der Waals surface area contributed by atoms with Gasteiger partial charge < -0.3 is 19.8 Å². The molecule has 0 fully saturated rings. The van der Waals surface area contributed by atoms with Gasteiger partial charge in [0.15, 0.2) is 11.4 Å². The van der Waals surface area contributed by atoms with E-state index in [-0.39, 0.29) is 24.9 Å². The Morgan fingerprint density at radius 2 is 1.52 bits per heavy atom. The van der Waals surface area contributed by atoms with Gasteiger partial charge in [-0.2, -0.15) is 0 Å². The molecule has 0 aliphatic carbocycles. The molecule has 0 heterocycles. The Kier molecular flexibility index (Phi) is 15.4. The zero-order chi connectivity index (χ0) is 23.8. The number of carboxylic acid groups (broad SMARTS) is 1. The van der Waals surface area contributed by atoms with Gasteiger partial charge in [0.1, 0.15) is 6.54 Å². The van der Waals surface area contributed by atoms with Crippen LogP contribution in [0.15, 0.2) is 24.3 Å². The molecule has 0 aromatic carbocycles. The molecule has 0 aromatic rings. The molecule has 180 valence electrons. The minimum absolute atomic E-state index is 0.0884. The number of carbonyl (C=O) groups excluding carboxylic acids is 1. The van der Waals surface area contributed by atoms with Crippen molar-refractivity contribution < 1.29 is 29.4 Å². The molecule has 6 nitrogen and oxygen atoms in total. The average Bonchev–Trinajstić information content (AvgIpc) is 2.64. The second-order valence-electron chi connectivity index (χ2n) is 9.61. The molecule has 0 spiro atoms. The van der Waals surface area contributed by atoms with Crippen LogP contribution in [0.1, 0.15) is 84.0 Å². The molecular formula is C25H46NO5+. The number of hydrogen-bond acceptors (Lipinski definition) is 4. The topological polar surface area (TPSA) is 94.8 Å². The number of likely N-dealkylation sites (N-methyl/N-ethyl adjacent to an activating group) is 1. The number of aliphatic hydroxyl groups is 2. The monoisotopic (exact) mass is 440 g/mol. The lowest BCUT2D eigenvalue weighted by Gasteiger charge is -2.33. The normalized spacial score (nSPS) is 15.4. The number of ketones is 1. The Labute approximate surface area is 189 Å². The second kappa shape index (κ2) is 16.2. The zero-order valence-electron chi connectivity index (χ0n) is 20.2. The van der Waals surface area contributed by atoms with Crippen molar-refractivity contribution in [1.29, 1.82) is 0 Å². The smallest absolute Gasteiger partial charge is 0.306 e. The largest absolute Gasteiger partial charge is 0.481 e. The first-order valence-corrected chi connectivity index (χ1v) is 11.8. The van der Waals surface area contributed by atoms with Gasteiger partial charge in [0.05, 0.1) is 33.7 Å². The highest BCUT2D eigenvalue weighted by Crippen LogP contribution is 2.20. The lowest BCUT2D eigenvalue weighted by atomic mass is 9.89. The summed E-state index contributed by atoms with van der Waals surface area (Å²) in [5, 5.41) is 29.7. The van der Waals surface area contributed by atoms with Gasteiger partial charge in [-0.25, -0.2) is 0 Å². The van der Waals surface area contributed by atoms with Crippen molar-refractivity contribution in [1.82, 2.24) is 0 Å². The molecule has 31 heavy (non-hydrogen) atoms. The van der Waals surface area contributed by atoms with E-state index in [0.717, 1.165) is 51.4 Å².